The fourth-order valence-corrected chi connectivity index (χ4v) is 4.95. The molecule has 0 saturated heterocycles. The lowest BCUT2D eigenvalue weighted by molar-refractivity contribution is -0.116. The van der Waals surface area contributed by atoms with Gasteiger partial charge in [0.05, 0.1) is 4.90 Å². The summed E-state index contributed by atoms with van der Waals surface area (Å²) in [4.78, 5) is 16.8. The van der Waals surface area contributed by atoms with Gasteiger partial charge in [0.2, 0.25) is 5.91 Å². The number of benzene rings is 2. The van der Waals surface area contributed by atoms with Crippen LogP contribution in [0.1, 0.15) is 17.5 Å². The Morgan fingerprint density at radius 3 is 2.66 bits per heavy atom. The van der Waals surface area contributed by atoms with Gasteiger partial charge < -0.3 is 5.32 Å². The maximum Gasteiger partial charge on any atom is 0.261 e. The number of fused-ring (bicyclic) bond motifs is 1. The number of carbonyl (C=O) groups excluding carboxylic acids is 1. The number of sulfonamides is 1. The highest BCUT2D eigenvalue weighted by Crippen LogP contribution is 2.28. The van der Waals surface area contributed by atoms with Gasteiger partial charge in [-0.05, 0) is 66.1 Å². The van der Waals surface area contributed by atoms with Gasteiger partial charge in [0.25, 0.3) is 10.0 Å². The molecule has 2 aromatic carbocycles. The topological polar surface area (TPSA) is 88.2 Å². The fraction of sp³-hybridized carbons (Fsp3) is 0.143. The number of nitrogens with zero attached hydrogens (tertiary/aromatic N) is 1. The van der Waals surface area contributed by atoms with Crippen molar-refractivity contribution in [3.63, 3.8) is 0 Å². The SMILES string of the molecule is O=C1CCc2cc(S(=O)(=O)Nc3ccc(SCc4cccnc4)cc3)ccc2N1. The van der Waals surface area contributed by atoms with Crippen molar-refractivity contribution in [3.8, 4) is 0 Å². The molecule has 1 amide bonds. The molecular formula is C21H19N3O3S2. The van der Waals surface area contributed by atoms with Crippen molar-refractivity contribution in [3.05, 3.63) is 78.1 Å². The lowest BCUT2D eigenvalue weighted by Gasteiger charge is -2.18. The van der Waals surface area contributed by atoms with Crippen molar-refractivity contribution in [2.45, 2.75) is 28.4 Å². The number of nitrogens with one attached hydrogen (secondary N) is 2. The molecule has 0 atom stereocenters. The van der Waals surface area contributed by atoms with E-state index in [-0.39, 0.29) is 10.8 Å². The Balaban J connectivity index is 1.43. The van der Waals surface area contributed by atoms with Crippen LogP contribution in [0, 0.1) is 0 Å². The van der Waals surface area contributed by atoms with E-state index in [4.69, 9.17) is 0 Å². The summed E-state index contributed by atoms with van der Waals surface area (Å²) in [7, 11) is -3.71. The predicted octanol–water partition coefficient (Wildman–Crippen LogP) is 4.06. The van der Waals surface area contributed by atoms with Crippen LogP contribution in [0.2, 0.25) is 0 Å². The first kappa shape index (κ1) is 19.5. The molecule has 1 aliphatic heterocycles. The van der Waals surface area contributed by atoms with Crippen molar-refractivity contribution < 1.29 is 13.2 Å². The number of thioether (sulfide) groups is 1. The van der Waals surface area contributed by atoms with Crippen LogP contribution in [0.4, 0.5) is 11.4 Å². The van der Waals surface area contributed by atoms with Gasteiger partial charge in [-0.2, -0.15) is 0 Å². The van der Waals surface area contributed by atoms with Crippen molar-refractivity contribution in [1.29, 1.82) is 0 Å². The summed E-state index contributed by atoms with van der Waals surface area (Å²) in [5, 5.41) is 2.76. The molecule has 6 nitrogen and oxygen atoms in total. The van der Waals surface area contributed by atoms with Crippen molar-refractivity contribution in [2.24, 2.45) is 0 Å². The maximum absolute atomic E-state index is 12.7. The number of hydrogen-bond acceptors (Lipinski definition) is 5. The molecule has 148 valence electrons. The van der Waals surface area contributed by atoms with Gasteiger partial charge in [-0.25, -0.2) is 8.42 Å². The number of aromatic nitrogens is 1. The third-order valence-corrected chi connectivity index (χ3v) is 6.98. The van der Waals surface area contributed by atoms with Crippen LogP contribution in [0.3, 0.4) is 0 Å². The summed E-state index contributed by atoms with van der Waals surface area (Å²) in [5.74, 6) is 0.748. The Morgan fingerprint density at radius 1 is 1.07 bits per heavy atom. The smallest absolute Gasteiger partial charge is 0.261 e. The van der Waals surface area contributed by atoms with Gasteiger partial charge in [-0.1, -0.05) is 6.07 Å². The Morgan fingerprint density at radius 2 is 1.90 bits per heavy atom. The monoisotopic (exact) mass is 425 g/mol. The predicted molar refractivity (Wildman–Crippen MR) is 114 cm³/mol. The normalized spacial score (nSPS) is 13.4. The van der Waals surface area contributed by atoms with Crippen LogP contribution in [-0.2, 0) is 27.0 Å². The van der Waals surface area contributed by atoms with E-state index in [0.717, 1.165) is 21.8 Å². The highest BCUT2D eigenvalue weighted by atomic mass is 32.2. The molecule has 0 spiro atoms. The van der Waals surface area contributed by atoms with Crippen LogP contribution in [0.5, 0.6) is 0 Å². The minimum atomic E-state index is -3.71. The highest BCUT2D eigenvalue weighted by molar-refractivity contribution is 7.98. The number of rotatable bonds is 6. The first-order valence-electron chi connectivity index (χ1n) is 9.07. The van der Waals surface area contributed by atoms with E-state index < -0.39 is 10.0 Å². The average molecular weight is 426 g/mol. The molecule has 3 aromatic rings. The highest BCUT2D eigenvalue weighted by Gasteiger charge is 2.20. The van der Waals surface area contributed by atoms with Crippen LogP contribution < -0.4 is 10.0 Å². The summed E-state index contributed by atoms with van der Waals surface area (Å²) in [5.41, 5.74) is 3.14. The summed E-state index contributed by atoms with van der Waals surface area (Å²) < 4.78 is 28.1. The summed E-state index contributed by atoms with van der Waals surface area (Å²) >= 11 is 1.66. The van der Waals surface area contributed by atoms with E-state index in [0.29, 0.717) is 24.2 Å². The largest absolute Gasteiger partial charge is 0.326 e. The van der Waals surface area contributed by atoms with Crippen LogP contribution in [0.25, 0.3) is 0 Å². The number of amides is 1. The molecular weight excluding hydrogens is 406 g/mol. The van der Waals surface area contributed by atoms with Gasteiger partial charge in [0, 0.05) is 40.8 Å². The molecule has 8 heteroatoms. The number of pyridine rings is 1. The van der Waals surface area contributed by atoms with Gasteiger partial charge in [-0.3, -0.25) is 14.5 Å². The van der Waals surface area contributed by atoms with E-state index in [9.17, 15) is 13.2 Å². The zero-order valence-corrected chi connectivity index (χ0v) is 17.1. The summed E-state index contributed by atoms with van der Waals surface area (Å²) in [6.45, 7) is 0. The first-order valence-corrected chi connectivity index (χ1v) is 11.5. The first-order chi connectivity index (χ1) is 14.0. The second kappa shape index (κ2) is 8.26. The van der Waals surface area contributed by atoms with Crippen LogP contribution in [-0.4, -0.2) is 19.3 Å². The van der Waals surface area contributed by atoms with Crippen LogP contribution >= 0.6 is 11.8 Å². The second-order valence-corrected chi connectivity index (χ2v) is 9.38. The Kier molecular flexibility index (Phi) is 5.55. The van der Waals surface area contributed by atoms with Gasteiger partial charge in [0.15, 0.2) is 0 Å². The van der Waals surface area contributed by atoms with Gasteiger partial charge in [0.1, 0.15) is 0 Å². The minimum Gasteiger partial charge on any atom is -0.326 e. The van der Waals surface area contributed by atoms with E-state index in [1.807, 2.05) is 30.5 Å². The molecule has 0 unspecified atom stereocenters. The molecule has 29 heavy (non-hydrogen) atoms. The van der Waals surface area contributed by atoms with E-state index >= 15 is 0 Å². The molecule has 1 aromatic heterocycles. The molecule has 0 aliphatic carbocycles. The standard InChI is InChI=1S/C21H19N3O3S2/c25-21-10-3-16-12-19(8-9-20(16)23-21)29(26,27)24-17-4-6-18(7-5-17)28-14-15-2-1-11-22-13-15/h1-2,4-9,11-13,24H,3,10,14H2,(H,23,25). The molecule has 0 saturated carbocycles. The fourth-order valence-electron chi connectivity index (χ4n) is 3.01. The zero-order valence-electron chi connectivity index (χ0n) is 15.5. The lowest BCUT2D eigenvalue weighted by Crippen LogP contribution is -2.20. The minimum absolute atomic E-state index is 0.0484. The second-order valence-electron chi connectivity index (χ2n) is 6.65. The van der Waals surface area contributed by atoms with E-state index in [1.165, 1.54) is 6.07 Å². The number of carbonyl (C=O) groups is 1. The molecule has 0 radical (unpaired) electrons. The van der Waals surface area contributed by atoms with Crippen molar-refractivity contribution >= 4 is 39.1 Å². The average Bonchev–Trinajstić information content (AvgIpc) is 2.73. The maximum atomic E-state index is 12.7. The summed E-state index contributed by atoms with van der Waals surface area (Å²) in [6.07, 6.45) is 4.47. The Labute approximate surface area is 173 Å². The number of anilines is 2. The Bertz CT molecular complexity index is 1130. The molecule has 0 bridgehead atoms. The Hall–Kier alpha value is -2.84. The molecule has 1 aliphatic rings. The third kappa shape index (κ3) is 4.78. The van der Waals surface area contributed by atoms with Crippen molar-refractivity contribution in [2.75, 3.05) is 10.0 Å². The number of hydrogen-bond donors (Lipinski definition) is 2. The van der Waals surface area contributed by atoms with Gasteiger partial charge in [-0.15, -0.1) is 11.8 Å². The van der Waals surface area contributed by atoms with Gasteiger partial charge >= 0.3 is 0 Å². The quantitative estimate of drug-likeness (QED) is 0.582. The van der Waals surface area contributed by atoms with Crippen LogP contribution in [0.15, 0.2) is 76.8 Å². The molecule has 2 N–H and O–H groups in total. The molecule has 4 rings (SSSR count). The summed E-state index contributed by atoms with van der Waals surface area (Å²) in [6, 6.07) is 16.0. The van der Waals surface area contributed by atoms with Crippen molar-refractivity contribution in [1.82, 2.24) is 4.98 Å². The third-order valence-electron chi connectivity index (χ3n) is 4.52. The van der Waals surface area contributed by atoms with E-state index in [2.05, 4.69) is 15.0 Å². The molecule has 2 heterocycles. The van der Waals surface area contributed by atoms with E-state index in [1.54, 1.807) is 42.2 Å². The number of aryl methyl sites for hydroxylation is 1. The molecule has 0 fully saturated rings. The zero-order chi connectivity index (χ0) is 20.3. The lowest BCUT2D eigenvalue weighted by atomic mass is 10.0.